The maximum atomic E-state index is 2.79. The standard InChI is InChI=1S/C13H23N/c1-12(2,3)11-10-5-4-8-14(10)9-13(11)6-7-13/h10-11H,4-9H2,1-3H3. The topological polar surface area (TPSA) is 3.24 Å². The van der Waals surface area contributed by atoms with Crippen LogP contribution in [0.2, 0.25) is 0 Å². The molecule has 2 unspecified atom stereocenters. The second kappa shape index (κ2) is 2.55. The Balaban J connectivity index is 1.92. The van der Waals surface area contributed by atoms with Crippen molar-refractivity contribution in [2.24, 2.45) is 16.7 Å². The lowest BCUT2D eigenvalue weighted by atomic mass is 9.69. The summed E-state index contributed by atoms with van der Waals surface area (Å²) in [5.74, 6) is 0.984. The molecule has 2 atom stereocenters. The SMILES string of the molecule is CC(C)(C)C1C2CCCN2CC12CC2. The Kier molecular flexibility index (Phi) is 1.68. The van der Waals surface area contributed by atoms with E-state index >= 15 is 0 Å². The highest BCUT2D eigenvalue weighted by atomic mass is 15.2. The third-order valence-corrected chi connectivity index (χ3v) is 4.80. The molecule has 14 heavy (non-hydrogen) atoms. The smallest absolute Gasteiger partial charge is 0.0135 e. The van der Waals surface area contributed by atoms with Crippen molar-refractivity contribution >= 4 is 0 Å². The van der Waals surface area contributed by atoms with Gasteiger partial charge in [0.15, 0.2) is 0 Å². The van der Waals surface area contributed by atoms with Gasteiger partial charge in [-0.15, -0.1) is 0 Å². The highest BCUT2D eigenvalue weighted by Crippen LogP contribution is 2.64. The lowest BCUT2D eigenvalue weighted by Crippen LogP contribution is -2.35. The molecule has 0 aromatic carbocycles. The van der Waals surface area contributed by atoms with Crippen molar-refractivity contribution in [3.05, 3.63) is 0 Å². The highest BCUT2D eigenvalue weighted by molar-refractivity contribution is 5.14. The molecule has 1 heteroatoms. The van der Waals surface area contributed by atoms with E-state index in [9.17, 15) is 0 Å². The van der Waals surface area contributed by atoms with Gasteiger partial charge in [-0.3, -0.25) is 4.90 Å². The molecular weight excluding hydrogens is 170 g/mol. The number of hydrogen-bond donors (Lipinski definition) is 0. The average Bonchev–Trinajstić information content (AvgIpc) is 2.46. The fraction of sp³-hybridized carbons (Fsp3) is 1.00. The average molecular weight is 193 g/mol. The van der Waals surface area contributed by atoms with Crippen molar-refractivity contribution < 1.29 is 0 Å². The van der Waals surface area contributed by atoms with Crippen LogP contribution in [0.3, 0.4) is 0 Å². The Hall–Kier alpha value is -0.0400. The van der Waals surface area contributed by atoms with Crippen LogP contribution in [0.15, 0.2) is 0 Å². The van der Waals surface area contributed by atoms with E-state index in [1.807, 2.05) is 0 Å². The van der Waals surface area contributed by atoms with Gasteiger partial charge in [-0.1, -0.05) is 20.8 Å². The summed E-state index contributed by atoms with van der Waals surface area (Å²) in [6.07, 6.45) is 5.96. The lowest BCUT2D eigenvalue weighted by Gasteiger charge is -2.36. The van der Waals surface area contributed by atoms with E-state index in [4.69, 9.17) is 0 Å². The summed E-state index contributed by atoms with van der Waals surface area (Å²) in [7, 11) is 0. The molecule has 80 valence electrons. The molecule has 1 spiro atoms. The van der Waals surface area contributed by atoms with Crippen molar-refractivity contribution in [1.29, 1.82) is 0 Å². The maximum absolute atomic E-state index is 2.79. The largest absolute Gasteiger partial charge is 0.300 e. The number of hydrogen-bond acceptors (Lipinski definition) is 1. The lowest BCUT2D eigenvalue weighted by molar-refractivity contribution is 0.143. The van der Waals surface area contributed by atoms with Crippen LogP contribution in [-0.4, -0.2) is 24.0 Å². The van der Waals surface area contributed by atoms with Gasteiger partial charge in [0.25, 0.3) is 0 Å². The van der Waals surface area contributed by atoms with Crippen molar-refractivity contribution in [2.75, 3.05) is 13.1 Å². The van der Waals surface area contributed by atoms with E-state index < -0.39 is 0 Å². The minimum atomic E-state index is 0.528. The zero-order chi connectivity index (χ0) is 9.97. The van der Waals surface area contributed by atoms with E-state index in [0.717, 1.165) is 17.4 Å². The summed E-state index contributed by atoms with van der Waals surface area (Å²) in [6.45, 7) is 10.2. The minimum Gasteiger partial charge on any atom is -0.300 e. The molecule has 0 bridgehead atoms. The van der Waals surface area contributed by atoms with Crippen molar-refractivity contribution in [2.45, 2.75) is 52.5 Å². The van der Waals surface area contributed by atoms with E-state index in [2.05, 4.69) is 25.7 Å². The quantitative estimate of drug-likeness (QED) is 0.572. The summed E-state index contributed by atoms with van der Waals surface area (Å²) in [4.78, 5) is 2.79. The third kappa shape index (κ3) is 1.11. The summed E-state index contributed by atoms with van der Waals surface area (Å²) in [5.41, 5.74) is 1.30. The Bertz CT molecular complexity index is 246. The van der Waals surface area contributed by atoms with E-state index in [0.29, 0.717) is 5.41 Å². The van der Waals surface area contributed by atoms with Gasteiger partial charge in [0.2, 0.25) is 0 Å². The Labute approximate surface area is 87.9 Å². The summed E-state index contributed by atoms with van der Waals surface area (Å²) < 4.78 is 0. The van der Waals surface area contributed by atoms with Gasteiger partial charge < -0.3 is 0 Å². The van der Waals surface area contributed by atoms with Crippen molar-refractivity contribution in [3.8, 4) is 0 Å². The van der Waals surface area contributed by atoms with Crippen LogP contribution in [-0.2, 0) is 0 Å². The molecule has 2 aliphatic heterocycles. The molecule has 0 amide bonds. The fourth-order valence-electron chi connectivity index (χ4n) is 4.46. The zero-order valence-electron chi connectivity index (χ0n) is 9.84. The molecule has 2 saturated heterocycles. The van der Waals surface area contributed by atoms with Gasteiger partial charge in [0.05, 0.1) is 0 Å². The molecular formula is C13H23N. The minimum absolute atomic E-state index is 0.528. The van der Waals surface area contributed by atoms with E-state index in [-0.39, 0.29) is 0 Å². The van der Waals surface area contributed by atoms with E-state index in [1.54, 1.807) is 0 Å². The predicted octanol–water partition coefficient (Wildman–Crippen LogP) is 2.91. The van der Waals surface area contributed by atoms with E-state index in [1.165, 1.54) is 38.8 Å². The molecule has 0 aromatic heterocycles. The van der Waals surface area contributed by atoms with Crippen LogP contribution in [0, 0.1) is 16.7 Å². The molecule has 0 radical (unpaired) electrons. The Morgan fingerprint density at radius 1 is 1.21 bits per heavy atom. The number of fused-ring (bicyclic) bond motifs is 1. The van der Waals surface area contributed by atoms with Crippen LogP contribution in [0.25, 0.3) is 0 Å². The molecule has 3 aliphatic rings. The molecule has 0 aromatic rings. The maximum Gasteiger partial charge on any atom is 0.0135 e. The first kappa shape index (κ1) is 9.21. The summed E-state index contributed by atoms with van der Waals surface area (Å²) in [5, 5.41) is 0. The zero-order valence-corrected chi connectivity index (χ0v) is 9.84. The molecule has 1 nitrogen and oxygen atoms in total. The molecule has 1 aliphatic carbocycles. The normalized spacial score (nSPS) is 40.5. The third-order valence-electron chi connectivity index (χ3n) is 4.80. The van der Waals surface area contributed by atoms with Crippen LogP contribution < -0.4 is 0 Å². The Morgan fingerprint density at radius 3 is 2.50 bits per heavy atom. The first-order chi connectivity index (χ1) is 6.53. The molecule has 3 rings (SSSR count). The predicted molar refractivity (Wildman–Crippen MR) is 59.2 cm³/mol. The summed E-state index contributed by atoms with van der Waals surface area (Å²) >= 11 is 0. The second-order valence-electron chi connectivity index (χ2n) is 6.89. The molecule has 3 fully saturated rings. The van der Waals surface area contributed by atoms with Crippen molar-refractivity contribution in [1.82, 2.24) is 4.90 Å². The highest BCUT2D eigenvalue weighted by Gasteiger charge is 2.62. The van der Waals surface area contributed by atoms with Gasteiger partial charge in [0.1, 0.15) is 0 Å². The molecule has 1 saturated carbocycles. The van der Waals surface area contributed by atoms with Gasteiger partial charge in [-0.25, -0.2) is 0 Å². The molecule has 0 N–H and O–H groups in total. The number of rotatable bonds is 0. The summed E-state index contributed by atoms with van der Waals surface area (Å²) in [6, 6.07) is 0.942. The number of nitrogens with zero attached hydrogens (tertiary/aromatic N) is 1. The van der Waals surface area contributed by atoms with Crippen molar-refractivity contribution in [3.63, 3.8) is 0 Å². The van der Waals surface area contributed by atoms with Gasteiger partial charge in [0, 0.05) is 12.6 Å². The van der Waals surface area contributed by atoms with Gasteiger partial charge >= 0.3 is 0 Å². The monoisotopic (exact) mass is 193 g/mol. The van der Waals surface area contributed by atoms with Gasteiger partial charge in [-0.2, -0.15) is 0 Å². The first-order valence-corrected chi connectivity index (χ1v) is 6.27. The van der Waals surface area contributed by atoms with Crippen LogP contribution in [0.4, 0.5) is 0 Å². The second-order valence-corrected chi connectivity index (χ2v) is 6.89. The molecule has 2 heterocycles. The van der Waals surface area contributed by atoms with Crippen LogP contribution >= 0.6 is 0 Å². The Morgan fingerprint density at radius 2 is 1.93 bits per heavy atom. The van der Waals surface area contributed by atoms with Crippen LogP contribution in [0.5, 0.6) is 0 Å². The fourth-order valence-corrected chi connectivity index (χ4v) is 4.46. The van der Waals surface area contributed by atoms with Gasteiger partial charge in [-0.05, 0) is 49.0 Å². The van der Waals surface area contributed by atoms with Crippen LogP contribution in [0.1, 0.15) is 46.5 Å². The first-order valence-electron chi connectivity index (χ1n) is 6.27.